The molecule has 0 saturated heterocycles. The number of nitrogens with one attached hydrogen (secondary N) is 1. The zero-order valence-corrected chi connectivity index (χ0v) is 12.7. The minimum atomic E-state index is -0.124. The number of para-hydroxylation sites is 1. The van der Waals surface area contributed by atoms with Crippen molar-refractivity contribution in [1.29, 1.82) is 0 Å². The molecule has 1 N–H and O–H groups in total. The van der Waals surface area contributed by atoms with Gasteiger partial charge in [-0.1, -0.05) is 35.9 Å². The van der Waals surface area contributed by atoms with Crippen molar-refractivity contribution in [3.8, 4) is 5.75 Å². The molecule has 2 aromatic rings. The molecule has 2 aromatic carbocycles. The van der Waals surface area contributed by atoms with Crippen molar-refractivity contribution < 1.29 is 9.53 Å². The average molecular weight is 304 g/mol. The van der Waals surface area contributed by atoms with Gasteiger partial charge in [0.15, 0.2) is 0 Å². The number of hydrogen-bond acceptors (Lipinski definition) is 2. The molecule has 0 heterocycles. The summed E-state index contributed by atoms with van der Waals surface area (Å²) in [6.45, 7) is 2.99. The van der Waals surface area contributed by atoms with Gasteiger partial charge in [-0.25, -0.2) is 0 Å². The lowest BCUT2D eigenvalue weighted by molar-refractivity contribution is 0.0950. The third-order valence-electron chi connectivity index (χ3n) is 3.02. The van der Waals surface area contributed by atoms with E-state index in [1.165, 1.54) is 0 Å². The van der Waals surface area contributed by atoms with E-state index >= 15 is 0 Å². The highest BCUT2D eigenvalue weighted by Gasteiger charge is 2.10. The summed E-state index contributed by atoms with van der Waals surface area (Å²) < 4.78 is 5.46. The molecule has 0 atom stereocenters. The van der Waals surface area contributed by atoms with Crippen molar-refractivity contribution >= 4 is 17.5 Å². The number of benzene rings is 2. The van der Waals surface area contributed by atoms with E-state index in [1.54, 1.807) is 12.1 Å². The summed E-state index contributed by atoms with van der Waals surface area (Å²) in [5, 5.41) is 3.61. The molecule has 0 saturated carbocycles. The lowest BCUT2D eigenvalue weighted by Gasteiger charge is -2.10. The summed E-state index contributed by atoms with van der Waals surface area (Å²) in [5.41, 5.74) is 1.66. The monoisotopic (exact) mass is 303 g/mol. The van der Waals surface area contributed by atoms with E-state index in [1.807, 2.05) is 43.3 Å². The minimum Gasteiger partial charge on any atom is -0.493 e. The molecule has 0 aliphatic carbocycles. The molecule has 3 nitrogen and oxygen atoms in total. The molecule has 110 valence electrons. The number of ether oxygens (including phenoxy) is 1. The van der Waals surface area contributed by atoms with Gasteiger partial charge < -0.3 is 10.1 Å². The van der Waals surface area contributed by atoms with Crippen LogP contribution in [0.3, 0.4) is 0 Å². The number of carbonyl (C=O) groups excluding carboxylic acids is 1. The van der Waals surface area contributed by atoms with Crippen molar-refractivity contribution in [1.82, 2.24) is 5.32 Å². The van der Waals surface area contributed by atoms with Crippen LogP contribution in [0.5, 0.6) is 5.75 Å². The fraction of sp³-hybridized carbons (Fsp3) is 0.235. The van der Waals surface area contributed by atoms with Crippen LogP contribution in [0.15, 0.2) is 48.5 Å². The topological polar surface area (TPSA) is 38.3 Å². The van der Waals surface area contributed by atoms with E-state index in [2.05, 4.69) is 5.32 Å². The van der Waals surface area contributed by atoms with Crippen LogP contribution in [-0.2, 0) is 6.42 Å². The van der Waals surface area contributed by atoms with Gasteiger partial charge in [0.2, 0.25) is 0 Å². The van der Waals surface area contributed by atoms with Crippen LogP contribution >= 0.6 is 11.6 Å². The summed E-state index contributed by atoms with van der Waals surface area (Å²) in [6, 6.07) is 14.9. The predicted molar refractivity (Wildman–Crippen MR) is 85.1 cm³/mol. The first-order valence-electron chi connectivity index (χ1n) is 6.95. The lowest BCUT2D eigenvalue weighted by atomic mass is 10.1. The Morgan fingerprint density at radius 3 is 2.76 bits per heavy atom. The third kappa shape index (κ3) is 4.50. The Labute approximate surface area is 129 Å². The Morgan fingerprint density at radius 1 is 1.19 bits per heavy atom. The fourth-order valence-electron chi connectivity index (χ4n) is 2.04. The molecule has 0 aliphatic heterocycles. The van der Waals surface area contributed by atoms with Gasteiger partial charge in [-0.15, -0.1) is 0 Å². The van der Waals surface area contributed by atoms with E-state index in [4.69, 9.17) is 16.3 Å². The van der Waals surface area contributed by atoms with Gasteiger partial charge in [-0.2, -0.15) is 0 Å². The maximum Gasteiger partial charge on any atom is 0.255 e. The van der Waals surface area contributed by atoms with Gasteiger partial charge in [0.25, 0.3) is 5.91 Å². The van der Waals surface area contributed by atoms with Gasteiger partial charge in [0, 0.05) is 11.6 Å². The van der Waals surface area contributed by atoms with Crippen molar-refractivity contribution in [3.63, 3.8) is 0 Å². The zero-order chi connectivity index (χ0) is 15.1. The van der Waals surface area contributed by atoms with Gasteiger partial charge in [0.1, 0.15) is 5.75 Å². The van der Waals surface area contributed by atoms with Crippen LogP contribution in [0.1, 0.15) is 22.8 Å². The predicted octanol–water partition coefficient (Wildman–Crippen LogP) is 3.71. The summed E-state index contributed by atoms with van der Waals surface area (Å²) in [4.78, 5) is 12.2. The zero-order valence-electron chi connectivity index (χ0n) is 11.9. The van der Waals surface area contributed by atoms with Crippen LogP contribution in [0.4, 0.5) is 0 Å². The minimum absolute atomic E-state index is 0.124. The molecule has 1 amide bonds. The van der Waals surface area contributed by atoms with Crippen molar-refractivity contribution in [2.24, 2.45) is 0 Å². The molecule has 0 unspecified atom stereocenters. The Morgan fingerprint density at radius 2 is 2.00 bits per heavy atom. The lowest BCUT2D eigenvalue weighted by Crippen LogP contribution is -2.26. The fourth-order valence-corrected chi connectivity index (χ4v) is 2.26. The van der Waals surface area contributed by atoms with Crippen LogP contribution < -0.4 is 10.1 Å². The second-order valence-corrected chi connectivity index (χ2v) is 5.00. The molecule has 0 radical (unpaired) electrons. The number of halogens is 1. The van der Waals surface area contributed by atoms with Crippen molar-refractivity contribution in [2.45, 2.75) is 13.3 Å². The number of rotatable bonds is 6. The molecule has 0 spiro atoms. The van der Waals surface area contributed by atoms with Gasteiger partial charge in [-0.05, 0) is 43.2 Å². The van der Waals surface area contributed by atoms with Gasteiger partial charge in [-0.3, -0.25) is 4.79 Å². The first-order valence-corrected chi connectivity index (χ1v) is 7.33. The van der Waals surface area contributed by atoms with E-state index < -0.39 is 0 Å². The molecule has 21 heavy (non-hydrogen) atoms. The smallest absolute Gasteiger partial charge is 0.255 e. The Kier molecular flexibility index (Phi) is 5.64. The number of carbonyl (C=O) groups is 1. The van der Waals surface area contributed by atoms with E-state index in [0.717, 1.165) is 12.0 Å². The molecular weight excluding hydrogens is 286 g/mol. The van der Waals surface area contributed by atoms with E-state index in [9.17, 15) is 4.79 Å². The standard InChI is InChI=1S/C17H18ClNO2/c1-2-21-16-9-4-3-8-15(16)17(20)19-11-10-13-6-5-7-14(18)12-13/h3-9,12H,2,10-11H2,1H3,(H,19,20). The molecule has 2 rings (SSSR count). The highest BCUT2D eigenvalue weighted by Crippen LogP contribution is 2.17. The Balaban J connectivity index is 1.93. The molecule has 0 fully saturated rings. The SMILES string of the molecule is CCOc1ccccc1C(=O)NCCc1cccc(Cl)c1. The van der Waals surface area contributed by atoms with Crippen molar-refractivity contribution in [3.05, 3.63) is 64.7 Å². The van der Waals surface area contributed by atoms with Gasteiger partial charge in [0.05, 0.1) is 12.2 Å². The Hall–Kier alpha value is -2.00. The highest BCUT2D eigenvalue weighted by molar-refractivity contribution is 6.30. The van der Waals surface area contributed by atoms with Crippen LogP contribution in [0.25, 0.3) is 0 Å². The average Bonchev–Trinajstić information content (AvgIpc) is 2.48. The molecular formula is C17H18ClNO2. The molecule has 0 bridgehead atoms. The van der Waals surface area contributed by atoms with E-state index in [0.29, 0.717) is 29.5 Å². The maximum atomic E-state index is 12.2. The summed E-state index contributed by atoms with van der Waals surface area (Å²) >= 11 is 5.93. The first-order chi connectivity index (χ1) is 10.2. The third-order valence-corrected chi connectivity index (χ3v) is 3.25. The quantitative estimate of drug-likeness (QED) is 0.883. The normalized spacial score (nSPS) is 10.2. The van der Waals surface area contributed by atoms with Crippen LogP contribution in [0.2, 0.25) is 5.02 Å². The Bertz CT molecular complexity index is 613. The second kappa shape index (κ2) is 7.70. The summed E-state index contributed by atoms with van der Waals surface area (Å²) in [6.07, 6.45) is 0.739. The number of amides is 1. The second-order valence-electron chi connectivity index (χ2n) is 4.56. The first kappa shape index (κ1) is 15.4. The van der Waals surface area contributed by atoms with Crippen LogP contribution in [0, 0.1) is 0 Å². The van der Waals surface area contributed by atoms with Crippen LogP contribution in [-0.4, -0.2) is 19.1 Å². The molecule has 0 aliphatic rings. The summed E-state index contributed by atoms with van der Waals surface area (Å²) in [7, 11) is 0. The largest absolute Gasteiger partial charge is 0.493 e. The number of hydrogen-bond donors (Lipinski definition) is 1. The maximum absolute atomic E-state index is 12.2. The van der Waals surface area contributed by atoms with Gasteiger partial charge >= 0.3 is 0 Å². The summed E-state index contributed by atoms with van der Waals surface area (Å²) in [5.74, 6) is 0.487. The highest BCUT2D eigenvalue weighted by atomic mass is 35.5. The van der Waals surface area contributed by atoms with E-state index in [-0.39, 0.29) is 5.91 Å². The molecule has 4 heteroatoms. The van der Waals surface area contributed by atoms with Crippen molar-refractivity contribution in [2.75, 3.05) is 13.2 Å². The molecule has 0 aromatic heterocycles.